The van der Waals surface area contributed by atoms with Crippen LogP contribution in [0.15, 0.2) is 36.4 Å². The Morgan fingerprint density at radius 1 is 1.03 bits per heavy atom. The van der Waals surface area contributed by atoms with Crippen LogP contribution < -0.4 is 20.1 Å². The highest BCUT2D eigenvalue weighted by atomic mass is 16.5. The number of carbonyl (C=O) groups excluding carboxylic acids is 1. The molecule has 1 fully saturated rings. The number of nitrogens with one attached hydrogen (secondary N) is 3. The van der Waals surface area contributed by atoms with E-state index in [1.54, 1.807) is 0 Å². The minimum atomic E-state index is -0.118. The van der Waals surface area contributed by atoms with Gasteiger partial charge in [0.15, 0.2) is 17.3 Å². The van der Waals surface area contributed by atoms with Crippen molar-refractivity contribution in [1.29, 1.82) is 0 Å². The van der Waals surface area contributed by atoms with Crippen LogP contribution in [0.3, 0.4) is 0 Å². The van der Waals surface area contributed by atoms with E-state index in [1.807, 2.05) is 24.3 Å². The molecule has 1 saturated carbocycles. The van der Waals surface area contributed by atoms with Crippen LogP contribution in [0.1, 0.15) is 37.7 Å². The van der Waals surface area contributed by atoms with Crippen LogP contribution in [-0.2, 0) is 11.2 Å². The third-order valence-corrected chi connectivity index (χ3v) is 5.72. The molecule has 7 heteroatoms. The lowest BCUT2D eigenvalue weighted by molar-refractivity contribution is -0.115. The maximum atomic E-state index is 12.7. The first-order valence-electron chi connectivity index (χ1n) is 10.7. The van der Waals surface area contributed by atoms with E-state index < -0.39 is 0 Å². The van der Waals surface area contributed by atoms with Crippen molar-refractivity contribution >= 4 is 28.3 Å². The van der Waals surface area contributed by atoms with Gasteiger partial charge in [-0.2, -0.15) is 5.10 Å². The molecule has 5 rings (SSSR count). The van der Waals surface area contributed by atoms with Gasteiger partial charge in [0.1, 0.15) is 0 Å². The molecule has 3 N–H and O–H groups in total. The smallest absolute Gasteiger partial charge is 0.230 e. The average Bonchev–Trinajstić information content (AvgIpc) is 3.32. The number of anilines is 2. The summed E-state index contributed by atoms with van der Waals surface area (Å²) in [6, 6.07) is 12.3. The summed E-state index contributed by atoms with van der Waals surface area (Å²) in [5.41, 5.74) is 2.84. The fraction of sp³-hybridized carbons (Fsp3) is 0.391. The van der Waals surface area contributed by atoms with Gasteiger partial charge in [-0.15, -0.1) is 0 Å². The summed E-state index contributed by atoms with van der Waals surface area (Å²) in [5.74, 6) is 1.87. The van der Waals surface area contributed by atoms with Crippen molar-refractivity contribution in [3.05, 3.63) is 42.0 Å². The van der Waals surface area contributed by atoms with Gasteiger partial charge in [-0.3, -0.25) is 9.89 Å². The van der Waals surface area contributed by atoms with E-state index in [2.05, 4.69) is 33.0 Å². The molecule has 7 nitrogen and oxygen atoms in total. The second kappa shape index (κ2) is 8.26. The Balaban J connectivity index is 1.29. The van der Waals surface area contributed by atoms with E-state index in [4.69, 9.17) is 9.47 Å². The third kappa shape index (κ3) is 4.06. The number of aromatic amines is 1. The lowest BCUT2D eigenvalue weighted by atomic mass is 10.1. The summed E-state index contributed by atoms with van der Waals surface area (Å²) in [4.78, 5) is 12.7. The molecule has 3 aromatic rings. The Bertz CT molecular complexity index is 1060. The molecule has 2 heterocycles. The number of carbonyl (C=O) groups is 1. The molecule has 0 bridgehead atoms. The molecule has 0 radical (unpaired) electrons. The van der Waals surface area contributed by atoms with E-state index in [9.17, 15) is 4.79 Å². The highest BCUT2D eigenvalue weighted by Gasteiger charge is 2.17. The summed E-state index contributed by atoms with van der Waals surface area (Å²) in [6.45, 7) is 1.27. The van der Waals surface area contributed by atoms with E-state index in [-0.39, 0.29) is 12.3 Å². The molecule has 1 aliphatic carbocycles. The minimum absolute atomic E-state index is 0.118. The van der Waals surface area contributed by atoms with Crippen molar-refractivity contribution in [2.45, 2.75) is 44.6 Å². The number of hydrogen-bond acceptors (Lipinski definition) is 5. The normalized spacial score (nSPS) is 16.4. The quantitative estimate of drug-likeness (QED) is 0.589. The van der Waals surface area contributed by atoms with Crippen LogP contribution in [0.4, 0.5) is 11.5 Å². The van der Waals surface area contributed by atoms with Crippen molar-refractivity contribution in [3.8, 4) is 11.5 Å². The Morgan fingerprint density at radius 2 is 1.87 bits per heavy atom. The minimum Gasteiger partial charge on any atom is -0.490 e. The molecule has 0 saturated heterocycles. The molecule has 0 atom stereocenters. The number of nitrogens with zero attached hydrogens (tertiary/aromatic N) is 1. The molecule has 2 aromatic carbocycles. The number of amides is 1. The van der Waals surface area contributed by atoms with Gasteiger partial charge in [-0.1, -0.05) is 18.9 Å². The molecule has 0 spiro atoms. The van der Waals surface area contributed by atoms with Gasteiger partial charge in [0, 0.05) is 23.5 Å². The van der Waals surface area contributed by atoms with Crippen LogP contribution in [0.2, 0.25) is 0 Å². The third-order valence-electron chi connectivity index (χ3n) is 5.72. The molecule has 1 aliphatic heterocycles. The number of benzene rings is 2. The lowest BCUT2D eigenvalue weighted by Gasteiger charge is -2.13. The molecular formula is C23H26N4O3. The van der Waals surface area contributed by atoms with E-state index in [1.165, 1.54) is 25.7 Å². The van der Waals surface area contributed by atoms with Crippen LogP contribution in [0, 0.1) is 0 Å². The Hall–Kier alpha value is -3.22. The maximum absolute atomic E-state index is 12.7. The van der Waals surface area contributed by atoms with E-state index >= 15 is 0 Å². The molecule has 0 unspecified atom stereocenters. The molecule has 156 valence electrons. The van der Waals surface area contributed by atoms with Gasteiger partial charge < -0.3 is 20.1 Å². The molecule has 2 aliphatic rings. The first-order valence-corrected chi connectivity index (χ1v) is 10.7. The second-order valence-electron chi connectivity index (χ2n) is 8.01. The number of rotatable bonds is 5. The first kappa shape index (κ1) is 18.8. The van der Waals surface area contributed by atoms with Crippen LogP contribution >= 0.6 is 0 Å². The first-order chi connectivity index (χ1) is 14.7. The lowest BCUT2D eigenvalue weighted by Crippen LogP contribution is -2.15. The fourth-order valence-corrected chi connectivity index (χ4v) is 4.18. The second-order valence-corrected chi connectivity index (χ2v) is 8.01. The Labute approximate surface area is 175 Å². The van der Waals surface area contributed by atoms with Crippen molar-refractivity contribution in [2.24, 2.45) is 0 Å². The highest BCUT2D eigenvalue weighted by molar-refractivity contribution is 6.01. The predicted octanol–water partition coefficient (Wildman–Crippen LogP) is 4.26. The highest BCUT2D eigenvalue weighted by Crippen LogP contribution is 2.31. The number of H-pyrrole nitrogens is 1. The average molecular weight is 406 g/mol. The number of fused-ring (bicyclic) bond motifs is 2. The topological polar surface area (TPSA) is 88.3 Å². The van der Waals surface area contributed by atoms with Gasteiger partial charge in [0.05, 0.1) is 25.2 Å². The fourth-order valence-electron chi connectivity index (χ4n) is 4.18. The zero-order valence-electron chi connectivity index (χ0n) is 16.9. The van der Waals surface area contributed by atoms with Crippen LogP contribution in [0.25, 0.3) is 10.9 Å². The zero-order valence-corrected chi connectivity index (χ0v) is 16.9. The Kier molecular flexibility index (Phi) is 5.17. The van der Waals surface area contributed by atoms with Crippen molar-refractivity contribution < 1.29 is 14.3 Å². The molecule has 30 heavy (non-hydrogen) atoms. The summed E-state index contributed by atoms with van der Waals surface area (Å²) in [6.07, 6.45) is 6.09. The van der Waals surface area contributed by atoms with Crippen LogP contribution in [0.5, 0.6) is 11.5 Å². The van der Waals surface area contributed by atoms with Crippen molar-refractivity contribution in [1.82, 2.24) is 10.2 Å². The summed E-state index contributed by atoms with van der Waals surface area (Å²) >= 11 is 0. The largest absolute Gasteiger partial charge is 0.490 e. The van der Waals surface area contributed by atoms with Crippen LogP contribution in [-0.4, -0.2) is 35.4 Å². The van der Waals surface area contributed by atoms with Gasteiger partial charge in [-0.05, 0) is 48.7 Å². The van der Waals surface area contributed by atoms with Gasteiger partial charge in [0.25, 0.3) is 0 Å². The van der Waals surface area contributed by atoms with Gasteiger partial charge >= 0.3 is 0 Å². The van der Waals surface area contributed by atoms with Gasteiger partial charge in [0.2, 0.25) is 5.91 Å². The molecule has 1 amide bonds. The standard InChI is InChI=1S/C23H26N4O3/c28-22(13-15-6-9-20-21(12-15)30-11-3-10-29-20)25-23-18-14-17(7-8-19(18)26-27-23)24-16-4-1-2-5-16/h6-9,12,14,16,24H,1-5,10-11,13H2,(H2,25,26,27,28). The summed E-state index contributed by atoms with van der Waals surface area (Å²) < 4.78 is 11.4. The van der Waals surface area contributed by atoms with Crippen molar-refractivity contribution in [2.75, 3.05) is 23.8 Å². The number of aromatic nitrogens is 2. The predicted molar refractivity (Wildman–Crippen MR) is 116 cm³/mol. The monoisotopic (exact) mass is 406 g/mol. The summed E-state index contributed by atoms with van der Waals surface area (Å²) in [5, 5.41) is 14.8. The van der Waals surface area contributed by atoms with E-state index in [0.29, 0.717) is 30.8 Å². The number of hydrogen-bond donors (Lipinski definition) is 3. The SMILES string of the molecule is O=C(Cc1ccc2c(c1)OCCCO2)Nc1n[nH]c2ccc(NC3CCCC3)cc12. The summed E-state index contributed by atoms with van der Waals surface area (Å²) in [7, 11) is 0. The van der Waals surface area contributed by atoms with E-state index in [0.717, 1.165) is 34.3 Å². The van der Waals surface area contributed by atoms with Gasteiger partial charge in [-0.25, -0.2) is 0 Å². The maximum Gasteiger partial charge on any atom is 0.230 e. The zero-order chi connectivity index (χ0) is 20.3. The Morgan fingerprint density at radius 3 is 2.73 bits per heavy atom. The van der Waals surface area contributed by atoms with Crippen molar-refractivity contribution in [3.63, 3.8) is 0 Å². The molecular weight excluding hydrogens is 380 g/mol. The number of ether oxygens (including phenoxy) is 2. The molecule has 1 aromatic heterocycles.